The Balaban J connectivity index is 1.50. The standard InChI is InChI=1S/C23H23ClN4O2S/c1-27(2)21(29)13-30-15-7-6-14-10-11-28(18(14)12-15)23-16-4-3-5-17(16)25-22(26-23)19-8-9-20(24)31-19/h6-9,12H,3-5,10-11,13H2,1-2H3. The molecule has 3 aromatic rings. The van der Waals surface area contributed by atoms with E-state index in [1.54, 1.807) is 14.1 Å². The van der Waals surface area contributed by atoms with E-state index in [4.69, 9.17) is 26.3 Å². The lowest BCUT2D eigenvalue weighted by Crippen LogP contribution is -2.27. The number of fused-ring (bicyclic) bond motifs is 2. The lowest BCUT2D eigenvalue weighted by Gasteiger charge is -2.22. The molecule has 6 nitrogen and oxygen atoms in total. The summed E-state index contributed by atoms with van der Waals surface area (Å²) in [5.74, 6) is 2.36. The third-order valence-electron chi connectivity index (χ3n) is 5.77. The van der Waals surface area contributed by atoms with E-state index >= 15 is 0 Å². The number of ether oxygens (including phenoxy) is 1. The van der Waals surface area contributed by atoms with Gasteiger partial charge in [0.2, 0.25) is 0 Å². The van der Waals surface area contributed by atoms with Crippen LogP contribution < -0.4 is 9.64 Å². The first-order valence-corrected chi connectivity index (χ1v) is 11.6. The average Bonchev–Trinajstić information content (AvgIpc) is 3.50. The number of amides is 1. The lowest BCUT2D eigenvalue weighted by molar-refractivity contribution is -0.130. The van der Waals surface area contributed by atoms with Gasteiger partial charge in [-0.3, -0.25) is 4.79 Å². The fourth-order valence-electron chi connectivity index (χ4n) is 4.12. The molecule has 0 fully saturated rings. The zero-order valence-electron chi connectivity index (χ0n) is 17.5. The van der Waals surface area contributed by atoms with Crippen molar-refractivity contribution >= 4 is 40.4 Å². The smallest absolute Gasteiger partial charge is 0.259 e. The van der Waals surface area contributed by atoms with Crippen LogP contribution in [0.2, 0.25) is 4.34 Å². The summed E-state index contributed by atoms with van der Waals surface area (Å²) in [6, 6.07) is 9.93. The minimum atomic E-state index is -0.0646. The molecule has 0 unspecified atom stereocenters. The first-order valence-electron chi connectivity index (χ1n) is 10.4. The number of benzene rings is 1. The molecule has 0 saturated heterocycles. The number of nitrogens with zero attached hydrogens (tertiary/aromatic N) is 4. The molecule has 1 aliphatic carbocycles. The highest BCUT2D eigenvalue weighted by atomic mass is 35.5. The summed E-state index contributed by atoms with van der Waals surface area (Å²) in [6.07, 6.45) is 4.02. The van der Waals surface area contributed by atoms with Crippen LogP contribution in [0.25, 0.3) is 10.7 Å². The van der Waals surface area contributed by atoms with Crippen molar-refractivity contribution < 1.29 is 9.53 Å². The van der Waals surface area contributed by atoms with Crippen molar-refractivity contribution in [1.29, 1.82) is 0 Å². The number of rotatable bonds is 5. The largest absolute Gasteiger partial charge is 0.484 e. The second-order valence-electron chi connectivity index (χ2n) is 8.02. The number of halogens is 1. The van der Waals surface area contributed by atoms with E-state index in [-0.39, 0.29) is 12.5 Å². The number of aromatic nitrogens is 2. The highest BCUT2D eigenvalue weighted by Crippen LogP contribution is 2.41. The van der Waals surface area contributed by atoms with Crippen molar-refractivity contribution in [2.24, 2.45) is 0 Å². The van der Waals surface area contributed by atoms with Crippen LogP contribution in [0.3, 0.4) is 0 Å². The molecule has 5 rings (SSSR count). The Morgan fingerprint density at radius 2 is 2.06 bits per heavy atom. The normalized spacial score (nSPS) is 14.5. The summed E-state index contributed by atoms with van der Waals surface area (Å²) in [7, 11) is 3.45. The quantitative estimate of drug-likeness (QED) is 0.567. The minimum absolute atomic E-state index is 0.0258. The second-order valence-corrected chi connectivity index (χ2v) is 9.74. The highest BCUT2D eigenvalue weighted by Gasteiger charge is 2.29. The van der Waals surface area contributed by atoms with Gasteiger partial charge in [-0.15, -0.1) is 11.3 Å². The summed E-state index contributed by atoms with van der Waals surface area (Å²) in [4.78, 5) is 26.6. The molecular weight excluding hydrogens is 432 g/mol. The van der Waals surface area contributed by atoms with Crippen LogP contribution in [-0.2, 0) is 24.1 Å². The molecule has 0 radical (unpaired) electrons. The summed E-state index contributed by atoms with van der Waals surface area (Å²) < 4.78 is 6.50. The summed E-state index contributed by atoms with van der Waals surface area (Å²) in [5, 5.41) is 0. The van der Waals surface area contributed by atoms with Gasteiger partial charge in [-0.2, -0.15) is 0 Å². The molecule has 1 amide bonds. The van der Waals surface area contributed by atoms with E-state index in [9.17, 15) is 4.79 Å². The highest BCUT2D eigenvalue weighted by molar-refractivity contribution is 7.19. The summed E-state index contributed by atoms with van der Waals surface area (Å²) >= 11 is 7.67. The van der Waals surface area contributed by atoms with Crippen LogP contribution in [0.15, 0.2) is 30.3 Å². The topological polar surface area (TPSA) is 58.6 Å². The van der Waals surface area contributed by atoms with Crippen molar-refractivity contribution in [2.75, 3.05) is 32.1 Å². The lowest BCUT2D eigenvalue weighted by atomic mass is 10.1. The molecule has 0 bridgehead atoms. The first-order chi connectivity index (χ1) is 15.0. The zero-order chi connectivity index (χ0) is 21.5. The Hall–Kier alpha value is -2.64. The van der Waals surface area contributed by atoms with Crippen molar-refractivity contribution in [2.45, 2.75) is 25.7 Å². The molecular formula is C23H23ClN4O2S. The van der Waals surface area contributed by atoms with Crippen LogP contribution >= 0.6 is 22.9 Å². The molecule has 2 aliphatic rings. The van der Waals surface area contributed by atoms with Gasteiger partial charge in [-0.1, -0.05) is 17.7 Å². The van der Waals surface area contributed by atoms with Crippen LogP contribution in [0.4, 0.5) is 11.5 Å². The maximum Gasteiger partial charge on any atom is 0.259 e. The number of anilines is 2. The molecule has 0 atom stereocenters. The fourth-order valence-corrected chi connectivity index (χ4v) is 5.10. The monoisotopic (exact) mass is 454 g/mol. The average molecular weight is 455 g/mol. The number of likely N-dealkylation sites (N-methyl/N-ethyl adjacent to an activating group) is 1. The maximum atomic E-state index is 11.9. The van der Waals surface area contributed by atoms with E-state index in [0.717, 1.165) is 64.5 Å². The molecule has 8 heteroatoms. The van der Waals surface area contributed by atoms with E-state index in [1.165, 1.54) is 27.4 Å². The van der Waals surface area contributed by atoms with Crippen molar-refractivity contribution in [3.05, 3.63) is 51.5 Å². The third kappa shape index (κ3) is 3.88. The van der Waals surface area contributed by atoms with E-state index < -0.39 is 0 Å². The van der Waals surface area contributed by atoms with Crippen LogP contribution in [0.5, 0.6) is 5.75 Å². The molecule has 160 valence electrons. The van der Waals surface area contributed by atoms with Gasteiger partial charge in [0.25, 0.3) is 5.91 Å². The summed E-state index contributed by atoms with van der Waals surface area (Å²) in [6.45, 7) is 0.890. The third-order valence-corrected chi connectivity index (χ3v) is 7.00. The van der Waals surface area contributed by atoms with Gasteiger partial charge < -0.3 is 14.5 Å². The molecule has 0 spiro atoms. The van der Waals surface area contributed by atoms with Crippen molar-refractivity contribution in [3.63, 3.8) is 0 Å². The molecule has 31 heavy (non-hydrogen) atoms. The molecule has 3 heterocycles. The molecule has 0 N–H and O–H groups in total. The van der Waals surface area contributed by atoms with Gasteiger partial charge in [0, 0.05) is 43.7 Å². The van der Waals surface area contributed by atoms with Gasteiger partial charge in [0.1, 0.15) is 11.6 Å². The van der Waals surface area contributed by atoms with Crippen LogP contribution in [-0.4, -0.2) is 48.0 Å². The van der Waals surface area contributed by atoms with Gasteiger partial charge in [0.05, 0.1) is 9.21 Å². The molecule has 1 aromatic carbocycles. The SMILES string of the molecule is CN(C)C(=O)COc1ccc2c(c1)N(c1nc(-c3ccc(Cl)s3)nc3c1CCC3)CC2. The Kier molecular flexibility index (Phi) is 5.32. The fraction of sp³-hybridized carbons (Fsp3) is 0.348. The van der Waals surface area contributed by atoms with Crippen molar-refractivity contribution in [1.82, 2.24) is 14.9 Å². The van der Waals surface area contributed by atoms with E-state index in [2.05, 4.69) is 11.0 Å². The van der Waals surface area contributed by atoms with Gasteiger partial charge >= 0.3 is 0 Å². The van der Waals surface area contributed by atoms with E-state index in [0.29, 0.717) is 5.75 Å². The van der Waals surface area contributed by atoms with Crippen LogP contribution in [0, 0.1) is 0 Å². The number of hydrogen-bond acceptors (Lipinski definition) is 6. The Bertz CT molecular complexity index is 1160. The van der Waals surface area contributed by atoms with Gasteiger partial charge in [-0.05, 0) is 49.4 Å². The van der Waals surface area contributed by atoms with Crippen molar-refractivity contribution in [3.8, 4) is 16.5 Å². The molecule has 1 aliphatic heterocycles. The zero-order valence-corrected chi connectivity index (χ0v) is 19.1. The maximum absolute atomic E-state index is 11.9. The number of hydrogen-bond donors (Lipinski definition) is 0. The predicted octanol–water partition coefficient (Wildman–Crippen LogP) is 4.51. The summed E-state index contributed by atoms with van der Waals surface area (Å²) in [5.41, 5.74) is 4.74. The minimum Gasteiger partial charge on any atom is -0.484 e. The first kappa shape index (κ1) is 20.3. The van der Waals surface area contributed by atoms with Gasteiger partial charge in [-0.25, -0.2) is 9.97 Å². The number of carbonyl (C=O) groups is 1. The number of carbonyl (C=O) groups excluding carboxylic acids is 1. The van der Waals surface area contributed by atoms with Gasteiger partial charge in [0.15, 0.2) is 12.4 Å². The Morgan fingerprint density at radius 3 is 2.84 bits per heavy atom. The molecule has 2 aromatic heterocycles. The second kappa shape index (κ2) is 8.13. The van der Waals surface area contributed by atoms with E-state index in [1.807, 2.05) is 24.3 Å². The number of aryl methyl sites for hydroxylation is 1. The number of thiophene rings is 1. The Labute approximate surface area is 190 Å². The Morgan fingerprint density at radius 1 is 1.19 bits per heavy atom. The predicted molar refractivity (Wildman–Crippen MR) is 124 cm³/mol. The molecule has 0 saturated carbocycles. The van der Waals surface area contributed by atoms with Crippen LogP contribution in [0.1, 0.15) is 23.2 Å².